The molecule has 0 aromatic carbocycles. The fourth-order valence-electron chi connectivity index (χ4n) is 1.99. The molecule has 2 saturated heterocycles. The van der Waals surface area contributed by atoms with Crippen LogP contribution in [0.25, 0.3) is 5.32 Å². The van der Waals surface area contributed by atoms with Crippen LogP contribution in [0.1, 0.15) is 0 Å². The molecule has 0 aromatic rings. The summed E-state index contributed by atoms with van der Waals surface area (Å²) in [5.74, 6) is 1.82. The van der Waals surface area contributed by atoms with E-state index in [0.29, 0.717) is 0 Å². The van der Waals surface area contributed by atoms with Crippen molar-refractivity contribution in [1.82, 2.24) is 4.90 Å². The zero-order valence-corrected chi connectivity index (χ0v) is 5.88. The molecular formula is C7H13N2-. The van der Waals surface area contributed by atoms with Gasteiger partial charge >= 0.3 is 0 Å². The molecule has 2 nitrogen and oxygen atoms in total. The third-order valence-electron chi connectivity index (χ3n) is 2.49. The summed E-state index contributed by atoms with van der Waals surface area (Å²) in [6.45, 7) is 4.84. The first-order valence-corrected chi connectivity index (χ1v) is 3.68. The molecule has 2 heterocycles. The molecule has 0 radical (unpaired) electrons. The summed E-state index contributed by atoms with van der Waals surface area (Å²) in [6.07, 6.45) is 0. The molecule has 9 heavy (non-hydrogen) atoms. The van der Waals surface area contributed by atoms with E-state index in [-0.39, 0.29) is 0 Å². The van der Waals surface area contributed by atoms with Gasteiger partial charge in [0.2, 0.25) is 0 Å². The van der Waals surface area contributed by atoms with Gasteiger partial charge in [0.15, 0.2) is 0 Å². The van der Waals surface area contributed by atoms with Crippen LogP contribution in [-0.2, 0) is 0 Å². The second-order valence-electron chi connectivity index (χ2n) is 3.33. The normalized spacial score (nSPS) is 43.7. The molecule has 0 aliphatic carbocycles. The maximum Gasteiger partial charge on any atom is -0.000725 e. The van der Waals surface area contributed by atoms with Crippen LogP contribution >= 0.6 is 0 Å². The molecule has 2 heteroatoms. The SMILES string of the molecule is CN1CC2C[N-]CC2C1. The third kappa shape index (κ3) is 0.864. The lowest BCUT2D eigenvalue weighted by Crippen LogP contribution is -2.15. The molecule has 0 saturated carbocycles. The Hall–Kier alpha value is -0.0800. The van der Waals surface area contributed by atoms with Crippen molar-refractivity contribution in [3.05, 3.63) is 5.32 Å². The topological polar surface area (TPSA) is 17.3 Å². The van der Waals surface area contributed by atoms with E-state index in [1.165, 1.54) is 13.1 Å². The van der Waals surface area contributed by atoms with Gasteiger partial charge in [0.1, 0.15) is 0 Å². The van der Waals surface area contributed by atoms with E-state index in [2.05, 4.69) is 17.3 Å². The van der Waals surface area contributed by atoms with Crippen molar-refractivity contribution in [3.8, 4) is 0 Å². The Morgan fingerprint density at radius 3 is 2.33 bits per heavy atom. The van der Waals surface area contributed by atoms with Crippen LogP contribution in [0.3, 0.4) is 0 Å². The molecule has 0 aromatic heterocycles. The molecule has 2 aliphatic rings. The number of hydrogen-bond acceptors (Lipinski definition) is 1. The average molecular weight is 125 g/mol. The Kier molecular flexibility index (Phi) is 1.24. The Balaban J connectivity index is 2.02. The second kappa shape index (κ2) is 1.96. The predicted octanol–water partition coefficient (Wildman–Crippen LogP) is 0.551. The summed E-state index contributed by atoms with van der Waals surface area (Å²) >= 11 is 0. The number of fused-ring (bicyclic) bond motifs is 1. The first-order chi connectivity index (χ1) is 4.36. The lowest BCUT2D eigenvalue weighted by Gasteiger charge is -2.13. The van der Waals surface area contributed by atoms with Gasteiger partial charge in [-0.25, -0.2) is 0 Å². The summed E-state index contributed by atoms with van der Waals surface area (Å²) in [5.41, 5.74) is 0. The Morgan fingerprint density at radius 2 is 1.78 bits per heavy atom. The van der Waals surface area contributed by atoms with Crippen LogP contribution in [-0.4, -0.2) is 38.1 Å². The zero-order valence-electron chi connectivity index (χ0n) is 5.88. The van der Waals surface area contributed by atoms with Crippen LogP contribution in [0.2, 0.25) is 0 Å². The molecule has 2 fully saturated rings. The maximum atomic E-state index is 4.38. The van der Waals surface area contributed by atoms with Crippen molar-refractivity contribution < 1.29 is 0 Å². The molecule has 0 spiro atoms. The molecule has 2 aliphatic heterocycles. The molecule has 0 bridgehead atoms. The molecule has 0 amide bonds. The van der Waals surface area contributed by atoms with Crippen molar-refractivity contribution in [2.45, 2.75) is 0 Å². The van der Waals surface area contributed by atoms with Crippen LogP contribution in [0, 0.1) is 11.8 Å². The smallest absolute Gasteiger partial charge is 0.000725 e. The highest BCUT2D eigenvalue weighted by molar-refractivity contribution is 5.03. The predicted molar refractivity (Wildman–Crippen MR) is 37.6 cm³/mol. The van der Waals surface area contributed by atoms with E-state index in [1.54, 1.807) is 0 Å². The van der Waals surface area contributed by atoms with E-state index in [4.69, 9.17) is 0 Å². The summed E-state index contributed by atoms with van der Waals surface area (Å²) in [7, 11) is 2.21. The van der Waals surface area contributed by atoms with Crippen LogP contribution in [0.15, 0.2) is 0 Å². The fraction of sp³-hybridized carbons (Fsp3) is 1.00. The van der Waals surface area contributed by atoms with Gasteiger partial charge in [-0.3, -0.25) is 0 Å². The average Bonchev–Trinajstić information content (AvgIpc) is 2.22. The molecule has 0 N–H and O–H groups in total. The van der Waals surface area contributed by atoms with Gasteiger partial charge in [0, 0.05) is 0 Å². The van der Waals surface area contributed by atoms with E-state index >= 15 is 0 Å². The van der Waals surface area contributed by atoms with Gasteiger partial charge in [-0.2, -0.15) is 0 Å². The summed E-state index contributed by atoms with van der Waals surface area (Å²) in [4.78, 5) is 2.42. The van der Waals surface area contributed by atoms with Gasteiger partial charge in [-0.15, -0.1) is 13.1 Å². The van der Waals surface area contributed by atoms with Gasteiger partial charge in [-0.05, 0) is 32.0 Å². The van der Waals surface area contributed by atoms with Gasteiger partial charge in [0.05, 0.1) is 0 Å². The first-order valence-electron chi connectivity index (χ1n) is 3.68. The quantitative estimate of drug-likeness (QED) is 0.462. The highest BCUT2D eigenvalue weighted by atomic mass is 15.2. The van der Waals surface area contributed by atoms with Crippen LogP contribution in [0.5, 0.6) is 0 Å². The minimum atomic E-state index is 0.912. The molecule has 2 unspecified atom stereocenters. The standard InChI is InChI=1S/C7H13N2/c1-9-4-6-2-8-3-7(6)5-9/h6-7H,2-5H2,1H3/q-1. The summed E-state index contributed by atoms with van der Waals surface area (Å²) in [5, 5.41) is 4.38. The van der Waals surface area contributed by atoms with E-state index in [9.17, 15) is 0 Å². The monoisotopic (exact) mass is 125 g/mol. The van der Waals surface area contributed by atoms with Crippen molar-refractivity contribution in [1.29, 1.82) is 0 Å². The lowest BCUT2D eigenvalue weighted by molar-refractivity contribution is 0.392. The number of nitrogens with zero attached hydrogens (tertiary/aromatic N) is 2. The molecule has 2 rings (SSSR count). The second-order valence-corrected chi connectivity index (χ2v) is 3.33. The third-order valence-corrected chi connectivity index (χ3v) is 2.49. The first kappa shape index (κ1) is 5.69. The Labute approximate surface area is 56.2 Å². The van der Waals surface area contributed by atoms with Gasteiger partial charge in [0.25, 0.3) is 0 Å². The summed E-state index contributed by atoms with van der Waals surface area (Å²) in [6, 6.07) is 0. The Morgan fingerprint density at radius 1 is 1.22 bits per heavy atom. The highest BCUT2D eigenvalue weighted by Crippen LogP contribution is 2.30. The van der Waals surface area contributed by atoms with Crippen molar-refractivity contribution in [2.24, 2.45) is 11.8 Å². The zero-order chi connectivity index (χ0) is 6.27. The van der Waals surface area contributed by atoms with Crippen molar-refractivity contribution >= 4 is 0 Å². The van der Waals surface area contributed by atoms with E-state index in [1.807, 2.05) is 0 Å². The minimum Gasteiger partial charge on any atom is -0.662 e. The number of likely N-dealkylation sites (tertiary alicyclic amines) is 1. The molecule has 2 atom stereocenters. The Bertz CT molecular complexity index is 101. The lowest BCUT2D eigenvalue weighted by atomic mass is 10.0. The number of rotatable bonds is 0. The highest BCUT2D eigenvalue weighted by Gasteiger charge is 2.28. The maximum absolute atomic E-state index is 4.38. The fourth-order valence-corrected chi connectivity index (χ4v) is 1.99. The summed E-state index contributed by atoms with van der Waals surface area (Å²) < 4.78 is 0. The van der Waals surface area contributed by atoms with Crippen LogP contribution < -0.4 is 0 Å². The van der Waals surface area contributed by atoms with Crippen LogP contribution in [0.4, 0.5) is 0 Å². The van der Waals surface area contributed by atoms with Crippen molar-refractivity contribution in [3.63, 3.8) is 0 Å². The molecular weight excluding hydrogens is 112 g/mol. The van der Waals surface area contributed by atoms with E-state index in [0.717, 1.165) is 24.9 Å². The number of hydrogen-bond donors (Lipinski definition) is 0. The van der Waals surface area contributed by atoms with Crippen molar-refractivity contribution in [2.75, 3.05) is 33.2 Å². The van der Waals surface area contributed by atoms with E-state index < -0.39 is 0 Å². The molecule has 52 valence electrons. The largest absolute Gasteiger partial charge is 0.662 e. The van der Waals surface area contributed by atoms with Gasteiger partial charge in [-0.1, -0.05) is 0 Å². The van der Waals surface area contributed by atoms with Gasteiger partial charge < -0.3 is 10.2 Å². The minimum absolute atomic E-state index is 0.912.